The summed E-state index contributed by atoms with van der Waals surface area (Å²) in [6, 6.07) is 0.253. The van der Waals surface area contributed by atoms with E-state index in [-0.39, 0.29) is 6.07 Å². The van der Waals surface area contributed by atoms with Crippen molar-refractivity contribution in [3.05, 3.63) is 29.3 Å². The minimum atomic E-state index is -2.86. The zero-order chi connectivity index (χ0) is 17.1. The van der Waals surface area contributed by atoms with Crippen LogP contribution < -0.4 is 5.30 Å². The Bertz CT molecular complexity index is 484. The molecule has 1 aromatic rings. The average molecular weight is 403 g/mol. The molecule has 0 saturated heterocycles. The number of halogens is 4. The van der Waals surface area contributed by atoms with Crippen molar-refractivity contribution < 1.29 is 17.6 Å². The second kappa shape index (κ2) is 8.07. The molecule has 1 aromatic carbocycles. The van der Waals surface area contributed by atoms with Crippen LogP contribution in [0.4, 0.5) is 17.6 Å². The van der Waals surface area contributed by atoms with Crippen molar-refractivity contribution in [3.8, 4) is 0 Å². The molecule has 8 heteroatoms. The maximum atomic E-state index is 14.4. The summed E-state index contributed by atoms with van der Waals surface area (Å²) >= 11 is 2.90. The van der Waals surface area contributed by atoms with Gasteiger partial charge in [0.05, 0.1) is 0 Å². The van der Waals surface area contributed by atoms with Crippen LogP contribution in [-0.4, -0.2) is 51.1 Å². The monoisotopic (exact) mass is 404 g/mol. The van der Waals surface area contributed by atoms with Gasteiger partial charge in [0.2, 0.25) is 0 Å². The van der Waals surface area contributed by atoms with Gasteiger partial charge in [0.1, 0.15) is 0 Å². The summed E-state index contributed by atoms with van der Waals surface area (Å²) in [5.74, 6) is -5.37. The van der Waals surface area contributed by atoms with E-state index in [0.29, 0.717) is 26.2 Å². The third-order valence-corrected chi connectivity index (χ3v) is 11.3. The van der Waals surface area contributed by atoms with E-state index in [1.807, 2.05) is 37.0 Å². The van der Waals surface area contributed by atoms with E-state index in [9.17, 15) is 17.6 Å². The molecule has 0 heterocycles. The van der Waals surface area contributed by atoms with Gasteiger partial charge in [0.15, 0.2) is 0 Å². The van der Waals surface area contributed by atoms with Crippen molar-refractivity contribution in [1.29, 1.82) is 0 Å². The van der Waals surface area contributed by atoms with Gasteiger partial charge in [-0.2, -0.15) is 0 Å². The fourth-order valence-electron chi connectivity index (χ4n) is 2.49. The summed E-state index contributed by atoms with van der Waals surface area (Å²) in [5.41, 5.74) is 0. The molecule has 0 amide bonds. The first-order chi connectivity index (χ1) is 10.3. The van der Waals surface area contributed by atoms with Crippen LogP contribution in [0.2, 0.25) is 0 Å². The van der Waals surface area contributed by atoms with Crippen LogP contribution in [0.1, 0.15) is 27.7 Å². The Morgan fingerprint density at radius 2 is 1.14 bits per heavy atom. The number of hydrogen-bond acceptors (Lipinski definition) is 2. The van der Waals surface area contributed by atoms with Crippen LogP contribution >= 0.6 is 6.25 Å². The van der Waals surface area contributed by atoms with Crippen molar-refractivity contribution in [3.63, 3.8) is 0 Å². The van der Waals surface area contributed by atoms with E-state index in [1.165, 1.54) is 0 Å². The molecule has 0 bridgehead atoms. The Hall–Kier alpha value is -0.191. The first kappa shape index (κ1) is 19.9. The Morgan fingerprint density at radius 1 is 0.818 bits per heavy atom. The zero-order valence-electron chi connectivity index (χ0n) is 13.2. The molecule has 0 saturated carbocycles. The Labute approximate surface area is 137 Å². The van der Waals surface area contributed by atoms with Gasteiger partial charge in [0.25, 0.3) is 0 Å². The summed E-state index contributed by atoms with van der Waals surface area (Å²) in [4.78, 5) is 0. The SMILES string of the molecule is CCN(CC)[P+]([Se])(c1c(F)c(F)cc(F)c1F)N(CC)CC. The maximum absolute atomic E-state index is 14.4. The molecule has 125 valence electrons. The second-order valence-electron chi connectivity index (χ2n) is 4.64. The molecule has 1 rings (SSSR count). The number of nitrogens with zero attached hydrogens (tertiary/aromatic N) is 2. The molecule has 0 N–H and O–H groups in total. The first-order valence-electron chi connectivity index (χ1n) is 7.23. The van der Waals surface area contributed by atoms with Gasteiger partial charge in [-0.05, 0) is 0 Å². The topological polar surface area (TPSA) is 6.48 Å². The van der Waals surface area contributed by atoms with Crippen LogP contribution in [0.15, 0.2) is 6.07 Å². The Morgan fingerprint density at radius 3 is 1.41 bits per heavy atom. The van der Waals surface area contributed by atoms with E-state index in [0.717, 1.165) is 0 Å². The van der Waals surface area contributed by atoms with Crippen molar-refractivity contribution in [2.45, 2.75) is 27.7 Å². The van der Waals surface area contributed by atoms with Gasteiger partial charge in [-0.15, -0.1) is 0 Å². The molecular formula is C14H21F4N2PSe+. The standard InChI is InChI=1S/C14H21F4N2PSe/c1-5-19(6-2)21(22,20(7-3)8-4)14-12(17)10(15)9-11(16)13(14)18/h9H,5-8H2,1-4H3/q+1. The van der Waals surface area contributed by atoms with Crippen molar-refractivity contribution in [2.24, 2.45) is 0 Å². The summed E-state index contributed by atoms with van der Waals surface area (Å²) in [5, 5.41) is -0.516. The molecule has 1 radical (unpaired) electrons. The molecule has 0 aliphatic heterocycles. The van der Waals surface area contributed by atoms with Gasteiger partial charge >= 0.3 is 137 Å². The fraction of sp³-hybridized carbons (Fsp3) is 0.571. The normalized spacial score (nSPS) is 12.5. The number of rotatable bonds is 7. The van der Waals surface area contributed by atoms with Gasteiger partial charge in [-0.3, -0.25) is 0 Å². The zero-order valence-corrected chi connectivity index (χ0v) is 15.8. The van der Waals surface area contributed by atoms with Crippen LogP contribution in [0.25, 0.3) is 0 Å². The second-order valence-corrected chi connectivity index (χ2v) is 10.5. The van der Waals surface area contributed by atoms with Gasteiger partial charge < -0.3 is 0 Å². The third-order valence-electron chi connectivity index (χ3n) is 3.61. The number of hydrogen-bond donors (Lipinski definition) is 0. The summed E-state index contributed by atoms with van der Waals surface area (Å²) in [7, 11) is 0. The van der Waals surface area contributed by atoms with Crippen molar-refractivity contribution >= 4 is 27.1 Å². The van der Waals surface area contributed by atoms with Gasteiger partial charge in [-0.25, -0.2) is 0 Å². The van der Waals surface area contributed by atoms with Crippen molar-refractivity contribution in [1.82, 2.24) is 9.34 Å². The molecular weight excluding hydrogens is 382 g/mol. The molecule has 0 aromatic heterocycles. The van der Waals surface area contributed by atoms with E-state index in [4.69, 9.17) is 0 Å². The van der Waals surface area contributed by atoms with Crippen LogP contribution in [0, 0.1) is 23.3 Å². The predicted molar refractivity (Wildman–Crippen MR) is 84.4 cm³/mol. The van der Waals surface area contributed by atoms with Gasteiger partial charge in [-0.1, -0.05) is 0 Å². The van der Waals surface area contributed by atoms with E-state index < -0.39 is 34.8 Å². The van der Waals surface area contributed by atoms with E-state index in [2.05, 4.69) is 15.6 Å². The summed E-state index contributed by atoms with van der Waals surface area (Å²) < 4.78 is 59.8. The number of benzene rings is 1. The molecule has 0 aliphatic carbocycles. The predicted octanol–water partition coefficient (Wildman–Crippen LogP) is 3.48. The molecule has 0 atom stereocenters. The minimum absolute atomic E-state index is 0.253. The molecule has 0 spiro atoms. The first-order valence-corrected chi connectivity index (χ1v) is 11.1. The average Bonchev–Trinajstić information content (AvgIpc) is 2.48. The Balaban J connectivity index is 3.73. The van der Waals surface area contributed by atoms with E-state index >= 15 is 0 Å². The quantitative estimate of drug-likeness (QED) is 0.298. The molecule has 0 unspecified atom stereocenters. The fourth-order valence-corrected chi connectivity index (χ4v) is 9.59. The Kier molecular flexibility index (Phi) is 7.28. The molecule has 0 fully saturated rings. The molecule has 0 aliphatic rings. The molecule has 2 nitrogen and oxygen atoms in total. The van der Waals surface area contributed by atoms with Crippen LogP contribution in [0.3, 0.4) is 0 Å². The van der Waals surface area contributed by atoms with E-state index in [1.54, 1.807) is 0 Å². The summed E-state index contributed by atoms with van der Waals surface area (Å²) in [6.07, 6.45) is -2.86. The third kappa shape index (κ3) is 3.34. The summed E-state index contributed by atoms with van der Waals surface area (Å²) in [6.45, 7) is 9.43. The van der Waals surface area contributed by atoms with Crippen LogP contribution in [-0.2, 0) is 0 Å². The van der Waals surface area contributed by atoms with Crippen molar-refractivity contribution in [2.75, 3.05) is 26.2 Å². The van der Waals surface area contributed by atoms with Gasteiger partial charge in [0, 0.05) is 0 Å². The van der Waals surface area contributed by atoms with Crippen LogP contribution in [0.5, 0.6) is 0 Å². The molecule has 22 heavy (non-hydrogen) atoms.